The summed E-state index contributed by atoms with van der Waals surface area (Å²) in [5, 5.41) is 1.40. The average Bonchev–Trinajstić information content (AvgIpc) is 3.61. The van der Waals surface area contributed by atoms with Crippen molar-refractivity contribution in [2.75, 3.05) is 0 Å². The van der Waals surface area contributed by atoms with Gasteiger partial charge in [-0.3, -0.25) is 0 Å². The van der Waals surface area contributed by atoms with Crippen LogP contribution in [-0.2, 0) is 24.7 Å². The van der Waals surface area contributed by atoms with Gasteiger partial charge in [-0.15, -0.1) is 0 Å². The Balaban J connectivity index is 1.63. The van der Waals surface area contributed by atoms with Gasteiger partial charge >= 0.3 is 24.7 Å². The van der Waals surface area contributed by atoms with E-state index < -0.39 is 79.1 Å². The molecule has 0 nitrogen and oxygen atoms in total. The first kappa shape index (κ1) is 40.3. The van der Waals surface area contributed by atoms with Crippen molar-refractivity contribution in [3.8, 4) is 0 Å². The Labute approximate surface area is 310 Å². The van der Waals surface area contributed by atoms with Gasteiger partial charge in [0.1, 0.15) is 0 Å². The Bertz CT molecular complexity index is 2040. The maximum absolute atomic E-state index is 14.2. The third-order valence-corrected chi connectivity index (χ3v) is 14.2. The van der Waals surface area contributed by atoms with Gasteiger partial charge in [0.25, 0.3) is 0 Å². The molecule has 0 saturated heterocycles. The zero-order valence-electron chi connectivity index (χ0n) is 28.4. The fourth-order valence-electron chi connectivity index (χ4n) is 6.57. The van der Waals surface area contributed by atoms with Crippen molar-refractivity contribution < 1.29 is 52.7 Å². The molecule has 5 aromatic carbocycles. The Morgan fingerprint density at radius 2 is 0.855 bits per heavy atom. The van der Waals surface area contributed by atoms with E-state index in [0.717, 1.165) is 15.9 Å². The van der Waals surface area contributed by atoms with E-state index in [2.05, 4.69) is 0 Å². The molecule has 0 heterocycles. The normalized spacial score (nSPS) is 14.7. The van der Waals surface area contributed by atoms with Gasteiger partial charge in [0.05, 0.1) is 22.3 Å². The first-order valence-electron chi connectivity index (χ1n) is 16.5. The van der Waals surface area contributed by atoms with Gasteiger partial charge in [-0.1, -0.05) is 104 Å². The van der Waals surface area contributed by atoms with Crippen LogP contribution in [0.25, 0.3) is 5.57 Å². The zero-order valence-corrected chi connectivity index (χ0v) is 30.2. The minimum atomic E-state index is -5.33. The van der Waals surface area contributed by atoms with E-state index in [4.69, 9.17) is 0 Å². The SMILES string of the molecule is C[C@H](C1=C(c2ccccc2P(c2ccccc2)c2ccccc2)CC=C1)P(c1cc(C(F)(F)F)cc(C(F)(F)F)c1)c1cc(C(F)(F)F)cc(C(F)(F)F)c1. The van der Waals surface area contributed by atoms with Crippen LogP contribution in [0.3, 0.4) is 0 Å². The summed E-state index contributed by atoms with van der Waals surface area (Å²) in [4.78, 5) is 0. The summed E-state index contributed by atoms with van der Waals surface area (Å²) >= 11 is 0. The molecule has 0 aliphatic heterocycles. The van der Waals surface area contributed by atoms with E-state index in [1.165, 1.54) is 6.92 Å². The Morgan fingerprint density at radius 3 is 1.25 bits per heavy atom. The first-order chi connectivity index (χ1) is 25.7. The molecule has 1 aliphatic rings. The van der Waals surface area contributed by atoms with Gasteiger partial charge in [-0.2, -0.15) is 52.7 Å². The number of hydrogen-bond donors (Lipinski definition) is 0. The van der Waals surface area contributed by atoms with Crippen molar-refractivity contribution >= 4 is 47.9 Å². The van der Waals surface area contributed by atoms with E-state index in [1.54, 1.807) is 18.2 Å². The summed E-state index contributed by atoms with van der Waals surface area (Å²) in [6.45, 7) is 1.41. The summed E-state index contributed by atoms with van der Waals surface area (Å²) in [5.41, 5.74) is -6.48. The smallest absolute Gasteiger partial charge is 0.166 e. The molecule has 286 valence electrons. The monoisotopic (exact) mass is 810 g/mol. The number of benzene rings is 5. The van der Waals surface area contributed by atoms with Crippen molar-refractivity contribution in [3.63, 3.8) is 0 Å². The predicted molar refractivity (Wildman–Crippen MR) is 194 cm³/mol. The Morgan fingerprint density at radius 1 is 0.473 bits per heavy atom. The third kappa shape index (κ3) is 8.86. The van der Waals surface area contributed by atoms with Crippen molar-refractivity contribution in [3.05, 3.63) is 167 Å². The minimum absolute atomic E-state index is 0.124. The minimum Gasteiger partial charge on any atom is -0.166 e. The Kier molecular flexibility index (Phi) is 11.2. The number of hydrogen-bond acceptors (Lipinski definition) is 0. The van der Waals surface area contributed by atoms with E-state index in [1.807, 2.05) is 78.9 Å². The predicted octanol–water partition coefficient (Wildman–Crippen LogP) is 11.8. The first-order valence-corrected chi connectivity index (χ1v) is 19.3. The van der Waals surface area contributed by atoms with Crippen LogP contribution in [0.1, 0.15) is 41.2 Å². The summed E-state index contributed by atoms with van der Waals surface area (Å²) < 4.78 is 170. The lowest BCUT2D eigenvalue weighted by molar-refractivity contribution is -0.144. The van der Waals surface area contributed by atoms with E-state index in [-0.39, 0.29) is 18.6 Å². The molecule has 0 bridgehead atoms. The molecular formula is C41H28F12P2. The highest BCUT2D eigenvalue weighted by Gasteiger charge is 2.41. The third-order valence-electron chi connectivity index (χ3n) is 9.01. The number of allylic oxidation sites excluding steroid dienone is 4. The molecule has 0 fully saturated rings. The quantitative estimate of drug-likeness (QED) is 0.108. The number of halogens is 12. The molecule has 0 radical (unpaired) electrons. The van der Waals surface area contributed by atoms with Gasteiger partial charge in [0, 0.05) is 5.66 Å². The van der Waals surface area contributed by atoms with Gasteiger partial charge in [-0.25, -0.2) is 0 Å². The molecule has 6 rings (SSSR count). The lowest BCUT2D eigenvalue weighted by atomic mass is 10.00. The van der Waals surface area contributed by atoms with Gasteiger partial charge in [-0.05, 0) is 102 Å². The van der Waals surface area contributed by atoms with Crippen LogP contribution >= 0.6 is 15.8 Å². The maximum atomic E-state index is 14.2. The Hall–Kier alpha value is -4.40. The van der Waals surface area contributed by atoms with Crippen LogP contribution in [0.4, 0.5) is 52.7 Å². The highest BCUT2D eigenvalue weighted by molar-refractivity contribution is 7.80. The molecule has 55 heavy (non-hydrogen) atoms. The van der Waals surface area contributed by atoms with Gasteiger partial charge < -0.3 is 0 Å². The maximum Gasteiger partial charge on any atom is 0.416 e. The highest BCUT2D eigenvalue weighted by Crippen LogP contribution is 2.51. The summed E-state index contributed by atoms with van der Waals surface area (Å²) in [6, 6.07) is 27.6. The van der Waals surface area contributed by atoms with Crippen LogP contribution in [0.5, 0.6) is 0 Å². The molecular weight excluding hydrogens is 782 g/mol. The van der Waals surface area contributed by atoms with E-state index >= 15 is 0 Å². The average molecular weight is 811 g/mol. The van der Waals surface area contributed by atoms with Crippen LogP contribution in [0, 0.1) is 0 Å². The van der Waals surface area contributed by atoms with Crippen LogP contribution in [0.2, 0.25) is 0 Å². The molecule has 1 aliphatic carbocycles. The largest absolute Gasteiger partial charge is 0.416 e. The van der Waals surface area contributed by atoms with Crippen LogP contribution in [0.15, 0.2) is 139 Å². The van der Waals surface area contributed by atoms with Crippen molar-refractivity contribution in [2.24, 2.45) is 0 Å². The summed E-state index contributed by atoms with van der Waals surface area (Å²) in [5.74, 6) is 0. The topological polar surface area (TPSA) is 0 Å². The molecule has 14 heteroatoms. The molecule has 5 aromatic rings. The molecule has 0 unspecified atom stereocenters. The molecule has 0 amide bonds. The number of alkyl halides is 12. The molecule has 0 saturated carbocycles. The second kappa shape index (κ2) is 15.3. The lowest BCUT2D eigenvalue weighted by Crippen LogP contribution is -2.27. The summed E-state index contributed by atoms with van der Waals surface area (Å²) in [6.07, 6.45) is -17.8. The van der Waals surface area contributed by atoms with Crippen molar-refractivity contribution in [2.45, 2.75) is 43.7 Å². The zero-order chi connectivity index (χ0) is 39.9. The molecule has 0 aromatic heterocycles. The fourth-order valence-corrected chi connectivity index (χ4v) is 11.9. The second-order valence-corrected chi connectivity index (χ2v) is 17.4. The summed E-state index contributed by atoms with van der Waals surface area (Å²) in [7, 11) is -4.06. The second-order valence-electron chi connectivity index (χ2n) is 12.6. The highest BCUT2D eigenvalue weighted by atomic mass is 31.1. The van der Waals surface area contributed by atoms with Crippen LogP contribution in [-0.4, -0.2) is 5.66 Å². The molecule has 0 N–H and O–H groups in total. The van der Waals surface area contributed by atoms with E-state index in [9.17, 15) is 52.7 Å². The van der Waals surface area contributed by atoms with Crippen molar-refractivity contribution in [1.29, 1.82) is 0 Å². The number of rotatable bonds is 8. The standard InChI is InChI=1S/C41H28F12P2/c1-25(34-16-10-17-35(34)36-15-8-9-18-37(36)55(30-11-4-2-5-12-30)31-13-6-3-7-14-31)54(32-21-26(38(42,43)44)19-27(22-32)39(45,46)47)33-23-28(40(48,49)50)20-29(24-33)41(51,52)53/h2-16,18-25H,17H2,1H3/t25-/m1/s1. The van der Waals surface area contributed by atoms with E-state index in [0.29, 0.717) is 41.0 Å². The molecule has 1 atom stereocenters. The fraction of sp³-hybridized carbons (Fsp3) is 0.171. The molecule has 0 spiro atoms. The van der Waals surface area contributed by atoms with Crippen LogP contribution < -0.4 is 26.5 Å². The lowest BCUT2D eigenvalue weighted by Gasteiger charge is -2.30. The van der Waals surface area contributed by atoms with Gasteiger partial charge in [0.15, 0.2) is 0 Å². The van der Waals surface area contributed by atoms with Crippen molar-refractivity contribution in [1.82, 2.24) is 0 Å². The van der Waals surface area contributed by atoms with Gasteiger partial charge in [0.2, 0.25) is 0 Å².